The predicted octanol–water partition coefficient (Wildman–Crippen LogP) is 8.28. The number of nitrogens with one attached hydrogen (secondary N) is 2. The number of nitrogens with zero attached hydrogens (tertiary/aromatic N) is 7. The Morgan fingerprint density at radius 2 is 1.60 bits per heavy atom. The van der Waals surface area contributed by atoms with Crippen LogP contribution in [0.3, 0.4) is 0 Å². The number of carbonyl (C=O) groups excluding carboxylic acids is 4. The highest BCUT2D eigenvalue weighted by atomic mass is 35.5. The van der Waals surface area contributed by atoms with Gasteiger partial charge in [0.25, 0.3) is 5.89 Å². The van der Waals surface area contributed by atoms with E-state index in [0.717, 1.165) is 62.8 Å². The number of benzene rings is 3. The first-order valence-corrected chi connectivity index (χ1v) is 25.6. The molecule has 6 aromatic rings. The van der Waals surface area contributed by atoms with Gasteiger partial charge in [-0.1, -0.05) is 73.9 Å². The van der Waals surface area contributed by atoms with Crippen LogP contribution >= 0.6 is 22.9 Å². The topological polar surface area (TPSA) is 207 Å². The first-order chi connectivity index (χ1) is 34.3. The highest BCUT2D eigenvalue weighted by molar-refractivity contribution is 7.15. The Bertz CT molecular complexity index is 3020. The van der Waals surface area contributed by atoms with Gasteiger partial charge in [-0.05, 0) is 112 Å². The number of ether oxygens (including phenoxy) is 1. The fraction of sp³-hybridized carbons (Fsp3) is 0.426. The van der Waals surface area contributed by atoms with Crippen molar-refractivity contribution in [2.75, 3.05) is 6.54 Å². The number of hydrogen-bond acceptors (Lipinski definition) is 13. The number of aromatic nitrogens is 5. The molecule has 0 spiro atoms. The van der Waals surface area contributed by atoms with Crippen LogP contribution in [-0.4, -0.2) is 95.0 Å². The molecule has 18 heteroatoms. The molecule has 3 aromatic heterocycles. The zero-order chi connectivity index (χ0) is 51.2. The standard InChI is InChI=1S/C54H60ClN9O7S/c1-28-30(3)72-53-46(28)47(36-15-17-38(55)18-16-36)58-43(49-61-60-32(5)64(49)53)25-39(65)21-34-22-42(23-34)70-41-19-9-33(10-20-41)24-45(67)59-48(54(6,7)8)52(69)63-27-40(66)26-44(63)50(68)56-29(2)35-11-13-37(14-12-35)51-57-31(4)62-71-51/h9-20,29,34,40,42-44,48,66H,21-27H2,1-8H3,(H,56,68)(H,59,67)/t29-,34?,40+,42?,43-,44-,48+/m0/s1. The minimum atomic E-state index is -0.969. The van der Waals surface area contributed by atoms with Crippen LogP contribution in [0.25, 0.3) is 16.5 Å². The Morgan fingerprint density at radius 3 is 2.26 bits per heavy atom. The van der Waals surface area contributed by atoms with E-state index in [0.29, 0.717) is 34.7 Å². The van der Waals surface area contributed by atoms with Crippen LogP contribution in [-0.2, 0) is 25.6 Å². The van der Waals surface area contributed by atoms with Crippen LogP contribution in [0.15, 0.2) is 82.3 Å². The number of hydrogen-bond donors (Lipinski definition) is 3. The van der Waals surface area contributed by atoms with E-state index in [2.05, 4.69) is 49.4 Å². The van der Waals surface area contributed by atoms with Crippen molar-refractivity contribution >= 4 is 52.2 Å². The van der Waals surface area contributed by atoms with E-state index in [9.17, 15) is 24.3 Å². The molecular formula is C54H60ClN9O7S. The molecule has 0 unspecified atom stereocenters. The van der Waals surface area contributed by atoms with Gasteiger partial charge in [0.2, 0.25) is 17.7 Å². The lowest BCUT2D eigenvalue weighted by atomic mass is 9.78. The molecule has 376 valence electrons. The first kappa shape index (κ1) is 50.4. The normalized spacial score (nSPS) is 20.3. The second kappa shape index (κ2) is 20.5. The third kappa shape index (κ3) is 10.8. The van der Waals surface area contributed by atoms with Crippen LogP contribution in [0.2, 0.25) is 5.02 Å². The summed E-state index contributed by atoms with van der Waals surface area (Å²) in [5, 5.41) is 31.1. The maximum atomic E-state index is 14.3. The summed E-state index contributed by atoms with van der Waals surface area (Å²) in [4.78, 5) is 67.4. The zero-order valence-electron chi connectivity index (χ0n) is 41.7. The molecule has 1 saturated heterocycles. The number of likely N-dealkylation sites (tertiary alicyclic amines) is 1. The van der Waals surface area contributed by atoms with E-state index < -0.39 is 47.5 Å². The van der Waals surface area contributed by atoms with E-state index in [4.69, 9.17) is 25.9 Å². The van der Waals surface area contributed by atoms with Crippen molar-refractivity contribution in [3.05, 3.63) is 128 Å². The van der Waals surface area contributed by atoms with Crippen molar-refractivity contribution in [1.82, 2.24) is 40.4 Å². The van der Waals surface area contributed by atoms with Gasteiger partial charge in [-0.25, -0.2) is 0 Å². The van der Waals surface area contributed by atoms with Crippen molar-refractivity contribution in [2.24, 2.45) is 16.3 Å². The van der Waals surface area contributed by atoms with Crippen molar-refractivity contribution in [3.63, 3.8) is 0 Å². The van der Waals surface area contributed by atoms with Gasteiger partial charge in [-0.3, -0.25) is 28.7 Å². The number of Topliss-reactive ketones (excluding diaryl/α,β-unsaturated/α-hetero) is 1. The first-order valence-electron chi connectivity index (χ1n) is 24.4. The molecule has 9 rings (SSSR count). The Kier molecular flexibility index (Phi) is 14.4. The molecular weight excluding hydrogens is 954 g/mol. The summed E-state index contributed by atoms with van der Waals surface area (Å²) in [6.45, 7) is 15.2. The molecule has 3 aromatic carbocycles. The second-order valence-electron chi connectivity index (χ2n) is 20.5. The number of halogens is 1. The summed E-state index contributed by atoms with van der Waals surface area (Å²) in [6.07, 6.45) is 1.22. The highest BCUT2D eigenvalue weighted by Crippen LogP contribution is 2.41. The Labute approximate surface area is 427 Å². The summed E-state index contributed by atoms with van der Waals surface area (Å²) < 4.78 is 13.6. The molecule has 2 aliphatic heterocycles. The number of ketones is 1. The maximum Gasteiger partial charge on any atom is 0.257 e. The number of β-amino-alcohol motifs (C(OH)–C–C–N with tert-alkyl or cyclic N) is 1. The minimum Gasteiger partial charge on any atom is -0.490 e. The van der Waals surface area contributed by atoms with Crippen molar-refractivity contribution < 1.29 is 33.5 Å². The summed E-state index contributed by atoms with van der Waals surface area (Å²) in [5.74, 6) is 2.08. The molecule has 1 saturated carbocycles. The lowest BCUT2D eigenvalue weighted by Gasteiger charge is -2.35. The molecule has 3 N–H and O–H groups in total. The number of aliphatic imine (C=N–C) groups is 1. The summed E-state index contributed by atoms with van der Waals surface area (Å²) in [6, 6.07) is 19.5. The molecule has 3 aliphatic rings. The number of rotatable bonds is 15. The second-order valence-corrected chi connectivity index (χ2v) is 22.2. The summed E-state index contributed by atoms with van der Waals surface area (Å²) in [7, 11) is 0. The Balaban J connectivity index is 0.767. The molecule has 5 heterocycles. The molecule has 5 atom stereocenters. The third-order valence-electron chi connectivity index (χ3n) is 13.9. The van der Waals surface area contributed by atoms with Gasteiger partial charge < -0.3 is 29.9 Å². The zero-order valence-corrected chi connectivity index (χ0v) is 43.3. The van der Waals surface area contributed by atoms with Gasteiger partial charge >= 0.3 is 0 Å². The smallest absolute Gasteiger partial charge is 0.257 e. The van der Waals surface area contributed by atoms with E-state index in [-0.39, 0.29) is 49.5 Å². The number of aryl methyl sites for hydroxylation is 3. The summed E-state index contributed by atoms with van der Waals surface area (Å²) in [5.41, 5.74) is 5.49. The van der Waals surface area contributed by atoms with Crippen molar-refractivity contribution in [3.8, 4) is 22.2 Å². The minimum absolute atomic E-state index is 0.0122. The monoisotopic (exact) mass is 1010 g/mol. The third-order valence-corrected chi connectivity index (χ3v) is 15.3. The van der Waals surface area contributed by atoms with E-state index in [1.807, 2.05) is 107 Å². The van der Waals surface area contributed by atoms with Gasteiger partial charge in [-0.2, -0.15) is 4.98 Å². The Hall–Kier alpha value is -6.56. The average molecular weight is 1010 g/mol. The largest absolute Gasteiger partial charge is 0.490 e. The number of aliphatic hydroxyl groups is 1. The Morgan fingerprint density at radius 1 is 0.903 bits per heavy atom. The van der Waals surface area contributed by atoms with E-state index in [1.54, 1.807) is 18.3 Å². The molecule has 1 aliphatic carbocycles. The lowest BCUT2D eigenvalue weighted by Crippen LogP contribution is -2.58. The van der Waals surface area contributed by atoms with Crippen LogP contribution in [0, 0.1) is 39.0 Å². The molecule has 72 heavy (non-hydrogen) atoms. The van der Waals surface area contributed by atoms with Crippen LogP contribution in [0.5, 0.6) is 5.75 Å². The van der Waals surface area contributed by atoms with E-state index in [1.165, 1.54) is 9.78 Å². The number of carbonyl (C=O) groups is 4. The SMILES string of the molecule is Cc1noc(-c2ccc([C@H](C)NC(=O)[C@@H]3C[C@@H](O)CN3C(=O)[C@@H](NC(=O)Cc3ccc(OC4CC(CC(=O)C[C@@H]5N=C(c6ccc(Cl)cc6)c6c(sc(C)c6C)-n6c(C)nnc65)C4)cc3)C(C)(C)C)cc2)n1. The molecule has 2 fully saturated rings. The average Bonchev–Trinajstić information content (AvgIpc) is 4.10. The van der Waals surface area contributed by atoms with Crippen LogP contribution < -0.4 is 15.4 Å². The highest BCUT2D eigenvalue weighted by Gasteiger charge is 2.45. The fourth-order valence-electron chi connectivity index (χ4n) is 9.81. The lowest BCUT2D eigenvalue weighted by molar-refractivity contribution is -0.144. The molecule has 3 amide bonds. The van der Waals surface area contributed by atoms with Gasteiger partial charge in [0, 0.05) is 52.4 Å². The molecule has 16 nitrogen and oxygen atoms in total. The van der Waals surface area contributed by atoms with Gasteiger partial charge in [0.05, 0.1) is 30.4 Å². The van der Waals surface area contributed by atoms with Gasteiger partial charge in [-0.15, -0.1) is 21.5 Å². The number of aliphatic hydroxyl groups excluding tert-OH is 1. The van der Waals surface area contributed by atoms with Gasteiger partial charge in [0.1, 0.15) is 40.5 Å². The number of amides is 3. The van der Waals surface area contributed by atoms with E-state index >= 15 is 0 Å². The molecule has 0 radical (unpaired) electrons. The number of thiophene rings is 1. The van der Waals surface area contributed by atoms with Crippen LogP contribution in [0.1, 0.15) is 122 Å². The quantitative estimate of drug-likeness (QED) is 0.0892. The predicted molar refractivity (Wildman–Crippen MR) is 273 cm³/mol. The van der Waals surface area contributed by atoms with Crippen molar-refractivity contribution in [2.45, 2.75) is 130 Å². The van der Waals surface area contributed by atoms with Crippen molar-refractivity contribution in [1.29, 1.82) is 0 Å². The molecule has 0 bridgehead atoms. The van der Waals surface area contributed by atoms with Gasteiger partial charge in [0.15, 0.2) is 11.6 Å². The fourth-order valence-corrected chi connectivity index (χ4v) is 11.1. The summed E-state index contributed by atoms with van der Waals surface area (Å²) >= 11 is 7.95. The maximum absolute atomic E-state index is 14.3. The number of fused-ring (bicyclic) bond motifs is 3. The van der Waals surface area contributed by atoms with Crippen LogP contribution in [0.4, 0.5) is 0 Å².